The Bertz CT molecular complexity index is 5800. The van der Waals surface area contributed by atoms with E-state index in [1.165, 1.54) is 28.4 Å². The lowest BCUT2D eigenvalue weighted by atomic mass is 9.85. The summed E-state index contributed by atoms with van der Waals surface area (Å²) in [6.07, 6.45) is 11.8. The van der Waals surface area contributed by atoms with Gasteiger partial charge in [-0.2, -0.15) is 0 Å². The van der Waals surface area contributed by atoms with Gasteiger partial charge in [-0.3, -0.25) is 38.8 Å². The molecule has 8 aliphatic rings. The molecule has 12 aromatic rings. The maximum atomic E-state index is 12.6. The van der Waals surface area contributed by atoms with E-state index >= 15 is 0 Å². The van der Waals surface area contributed by atoms with E-state index in [0.29, 0.717) is 74.7 Å². The third kappa shape index (κ3) is 19.2. The quantitative estimate of drug-likeness (QED) is 0.0416. The Morgan fingerprint density at radius 2 is 0.471 bits per heavy atom. The Balaban J connectivity index is 0.000000129. The van der Waals surface area contributed by atoms with Crippen LogP contribution in [-0.4, -0.2) is 180 Å². The molecule has 4 aliphatic carbocycles. The molecule has 4 unspecified atom stereocenters. The largest absolute Gasteiger partial charge is 0.481 e. The van der Waals surface area contributed by atoms with E-state index in [-0.39, 0.29) is 48.3 Å². The van der Waals surface area contributed by atoms with Crippen LogP contribution >= 0.6 is 0 Å². The highest BCUT2D eigenvalue weighted by atomic mass is 16.6. The standard InChI is InChI=1S/4C27H31N3O5/c4*1-16-11-12-20-21(29(16)27(34)35-2)13-14-22-23(20)28-25(24(31)17-7-4-3-5-8-17)30(22)19-10-6-9-18(15-19)26(32)33/h4*3-5,7-8,13-14,16,18-19,24,31H,6,9-12,15H2,1-2H3,(H,32,33)/t16-,18+,19?,24+;16-,18+,19?,24-;2*16-,18-,19?,24+/m0000/s1. The number of ether oxygens (including phenoxy) is 4. The first-order chi connectivity index (χ1) is 67.6. The van der Waals surface area contributed by atoms with Gasteiger partial charge in [-0.05, 0) is 227 Å². The van der Waals surface area contributed by atoms with Crippen LogP contribution in [0.1, 0.15) is 272 Å². The molecule has 8 aromatic carbocycles. The number of carboxylic acid groups (broad SMARTS) is 4. The fourth-order valence-corrected chi connectivity index (χ4v) is 23.1. The second-order valence-electron chi connectivity index (χ2n) is 38.7. The monoisotopic (exact) mass is 1910 g/mol. The number of carboxylic acids is 4. The van der Waals surface area contributed by atoms with Crippen LogP contribution in [0, 0.1) is 23.7 Å². The van der Waals surface area contributed by atoms with Crippen LogP contribution in [0.3, 0.4) is 0 Å². The Hall–Kier alpha value is -13.6. The number of carbonyl (C=O) groups excluding carboxylic acids is 4. The molecule has 8 heterocycles. The van der Waals surface area contributed by atoms with Crippen molar-refractivity contribution in [3.63, 3.8) is 0 Å². The van der Waals surface area contributed by atoms with E-state index in [1.54, 1.807) is 19.6 Å². The lowest BCUT2D eigenvalue weighted by molar-refractivity contribution is -0.144. The first kappa shape index (κ1) is 98.1. The number of amides is 4. The number of methoxy groups -OCH3 is 4. The Morgan fingerprint density at radius 1 is 0.279 bits per heavy atom. The zero-order valence-electron chi connectivity index (χ0n) is 80.2. The summed E-state index contributed by atoms with van der Waals surface area (Å²) >= 11 is 0. The molecule has 0 radical (unpaired) electrons. The van der Waals surface area contributed by atoms with E-state index in [2.05, 4.69) is 18.3 Å². The van der Waals surface area contributed by atoms with E-state index in [4.69, 9.17) is 38.9 Å². The minimum atomic E-state index is -0.955. The molecular weight excluding hydrogens is 1790 g/mol. The van der Waals surface area contributed by atoms with Crippen LogP contribution in [0.2, 0.25) is 0 Å². The molecule has 736 valence electrons. The van der Waals surface area contributed by atoms with Crippen molar-refractivity contribution < 1.29 is 98.2 Å². The number of aliphatic hydroxyl groups is 4. The number of nitrogens with zero attached hydrogens (tertiary/aromatic N) is 12. The molecule has 16 atom stereocenters. The summed E-state index contributed by atoms with van der Waals surface area (Å²) in [7, 11) is 5.53. The number of fused-ring (bicyclic) bond motifs is 12. The van der Waals surface area contributed by atoms with Gasteiger partial charge in [0.05, 0.1) is 119 Å². The second kappa shape index (κ2) is 42.2. The molecule has 4 aliphatic heterocycles. The number of imidazole rings is 4. The molecular formula is C108H124N12O20. The van der Waals surface area contributed by atoms with Crippen molar-refractivity contribution in [3.8, 4) is 0 Å². The first-order valence-corrected chi connectivity index (χ1v) is 49.1. The predicted molar refractivity (Wildman–Crippen MR) is 526 cm³/mol. The second-order valence-corrected chi connectivity index (χ2v) is 38.7. The zero-order valence-corrected chi connectivity index (χ0v) is 80.2. The average molecular weight is 1910 g/mol. The summed E-state index contributed by atoms with van der Waals surface area (Å²) in [5.41, 5.74) is 16.3. The van der Waals surface area contributed by atoms with Gasteiger partial charge in [-0.15, -0.1) is 0 Å². The van der Waals surface area contributed by atoms with Crippen molar-refractivity contribution in [2.75, 3.05) is 48.0 Å². The molecule has 4 saturated carbocycles. The van der Waals surface area contributed by atoms with Crippen LogP contribution in [0.15, 0.2) is 170 Å². The van der Waals surface area contributed by atoms with Crippen molar-refractivity contribution in [2.24, 2.45) is 23.7 Å². The minimum Gasteiger partial charge on any atom is -0.481 e. The van der Waals surface area contributed by atoms with Crippen LogP contribution in [-0.2, 0) is 63.8 Å². The smallest absolute Gasteiger partial charge is 0.414 e. The van der Waals surface area contributed by atoms with Crippen molar-refractivity contribution >= 4 is 115 Å². The van der Waals surface area contributed by atoms with Crippen LogP contribution in [0.5, 0.6) is 0 Å². The molecule has 8 N–H and O–H groups in total. The van der Waals surface area contributed by atoms with Gasteiger partial charge in [0, 0.05) is 70.6 Å². The zero-order chi connectivity index (χ0) is 98.8. The van der Waals surface area contributed by atoms with E-state index in [9.17, 15) is 79.2 Å². The number of aliphatic hydroxyl groups excluding tert-OH is 4. The molecule has 0 bridgehead atoms. The molecule has 4 aromatic heterocycles. The van der Waals surface area contributed by atoms with E-state index in [1.807, 2.05) is 198 Å². The summed E-state index contributed by atoms with van der Waals surface area (Å²) in [5.74, 6) is -2.71. The Labute approximate surface area is 811 Å². The Kier molecular flexibility index (Phi) is 29.6. The lowest BCUT2D eigenvalue weighted by Crippen LogP contribution is -2.42. The third-order valence-electron chi connectivity index (χ3n) is 30.3. The number of aromatic nitrogens is 8. The average Bonchev–Trinajstić information content (AvgIpc) is 1.59. The van der Waals surface area contributed by atoms with Gasteiger partial charge in [0.25, 0.3) is 0 Å². The number of benzene rings is 8. The summed E-state index contributed by atoms with van der Waals surface area (Å²) in [4.78, 5) is 124. The number of anilines is 4. The molecule has 4 amide bonds. The molecule has 32 heteroatoms. The fraction of sp³-hybridized carbons (Fsp3) is 0.444. The molecule has 20 rings (SSSR count). The fourth-order valence-electron chi connectivity index (χ4n) is 23.1. The van der Waals surface area contributed by atoms with Gasteiger partial charge in [0.15, 0.2) is 0 Å². The van der Waals surface area contributed by atoms with Gasteiger partial charge >= 0.3 is 48.3 Å². The number of hydrogen-bond acceptors (Lipinski definition) is 20. The van der Waals surface area contributed by atoms with Crippen molar-refractivity contribution in [1.82, 2.24) is 38.2 Å². The van der Waals surface area contributed by atoms with Gasteiger partial charge in [0.1, 0.15) is 47.7 Å². The maximum Gasteiger partial charge on any atom is 0.414 e. The highest BCUT2D eigenvalue weighted by Crippen LogP contribution is 2.50. The van der Waals surface area contributed by atoms with E-state index in [0.717, 1.165) is 214 Å². The minimum absolute atomic E-state index is 0.00136. The van der Waals surface area contributed by atoms with Crippen LogP contribution < -0.4 is 19.6 Å². The third-order valence-corrected chi connectivity index (χ3v) is 30.3. The number of aliphatic carboxylic acids is 4. The highest BCUT2D eigenvalue weighted by Gasteiger charge is 2.43. The summed E-state index contributed by atoms with van der Waals surface area (Å²) in [6, 6.07) is 52.7. The summed E-state index contributed by atoms with van der Waals surface area (Å²) in [6.45, 7) is 8.01. The normalized spacial score (nSPS) is 23.1. The maximum absolute atomic E-state index is 12.6. The predicted octanol–water partition coefficient (Wildman–Crippen LogP) is 19.4. The first-order valence-electron chi connectivity index (χ1n) is 49.1. The van der Waals surface area contributed by atoms with Crippen molar-refractivity contribution in [2.45, 2.75) is 255 Å². The topological polar surface area (TPSA) is 420 Å². The highest BCUT2D eigenvalue weighted by molar-refractivity contribution is 5.99. The number of hydrogen-bond donors (Lipinski definition) is 8. The number of aryl methyl sites for hydroxylation is 4. The van der Waals surface area contributed by atoms with Gasteiger partial charge in [0.2, 0.25) is 0 Å². The van der Waals surface area contributed by atoms with Gasteiger partial charge < -0.3 is 78.1 Å². The SMILES string of the molecule is COC(=O)N1c2ccc3c(nc([C@@H](O)c4ccccc4)n3C3CCC[C@@H](C(=O)O)C3)c2CC[C@@H]1C.COC(=O)N1c2ccc3c(nc([C@H](O)c4ccccc4)n3C3CCC[C@@H](C(=O)O)C3)c2CC[C@@H]1C.COC(=O)N1c2ccc3c(nc([C@H](O)c4ccccc4)n3C3CCC[C@H](C(=O)O)C3)c2CC[C@@H]1C.COC(=O)N1c2ccc3c(nc([C@H](O)c4ccccc4)n3C3CCC[C@H](C(=O)O)C3)c2CC[C@@H]1C. The summed E-state index contributed by atoms with van der Waals surface area (Å²) in [5, 5.41) is 84.4. The van der Waals surface area contributed by atoms with Crippen molar-refractivity contribution in [3.05, 3.63) is 238 Å². The van der Waals surface area contributed by atoms with Crippen molar-refractivity contribution in [1.29, 1.82) is 0 Å². The molecule has 0 spiro atoms. The molecule has 4 fully saturated rings. The van der Waals surface area contributed by atoms with Crippen LogP contribution in [0.25, 0.3) is 44.1 Å². The van der Waals surface area contributed by atoms with Crippen LogP contribution in [0.4, 0.5) is 41.9 Å². The van der Waals surface area contributed by atoms with Gasteiger partial charge in [-0.25, -0.2) is 39.1 Å². The molecule has 0 saturated heterocycles. The number of rotatable bonds is 16. The molecule has 140 heavy (non-hydrogen) atoms. The Morgan fingerprint density at radius 3 is 0.650 bits per heavy atom. The summed E-state index contributed by atoms with van der Waals surface area (Å²) < 4.78 is 28.4. The van der Waals surface area contributed by atoms with Gasteiger partial charge in [-0.1, -0.05) is 147 Å². The molecule has 32 nitrogen and oxygen atoms in total. The lowest BCUT2D eigenvalue weighted by Gasteiger charge is -2.34. The number of carbonyl (C=O) groups is 8. The van der Waals surface area contributed by atoms with E-state index < -0.39 is 96.3 Å².